The first-order valence-corrected chi connectivity index (χ1v) is 19.4. The molecule has 0 aromatic heterocycles. The summed E-state index contributed by atoms with van der Waals surface area (Å²) >= 11 is 0. The number of hydrogen-bond donors (Lipinski definition) is 4. The molecule has 2 fully saturated rings. The van der Waals surface area contributed by atoms with E-state index in [-0.39, 0.29) is 49.2 Å². The van der Waals surface area contributed by atoms with Crippen molar-refractivity contribution in [2.75, 3.05) is 34.9 Å². The lowest BCUT2D eigenvalue weighted by molar-refractivity contribution is -0.305. The zero-order chi connectivity index (χ0) is 40.4. The molecule has 3 rings (SSSR count). The second kappa shape index (κ2) is 21.5. The van der Waals surface area contributed by atoms with Crippen LogP contribution >= 0.6 is 0 Å². The predicted molar refractivity (Wildman–Crippen MR) is 196 cm³/mol. The van der Waals surface area contributed by atoms with E-state index in [0.29, 0.717) is 19.3 Å². The monoisotopic (exact) mass is 773 g/mol. The maximum absolute atomic E-state index is 13.6. The Morgan fingerprint density at radius 3 is 2.09 bits per heavy atom. The van der Waals surface area contributed by atoms with Gasteiger partial charge in [0.25, 0.3) is 0 Å². The van der Waals surface area contributed by atoms with Crippen LogP contribution in [-0.2, 0) is 47.5 Å². The van der Waals surface area contributed by atoms with Gasteiger partial charge in [0, 0.05) is 44.8 Å². The Kier molecular flexibility index (Phi) is 18.4. The molecule has 3 aliphatic rings. The molecule has 312 valence electrons. The molecule has 2 saturated heterocycles. The Morgan fingerprint density at radius 1 is 0.870 bits per heavy atom. The Morgan fingerprint density at radius 2 is 1.50 bits per heavy atom. The standard InChI is InChI=1S/C39H67NO14/c1-11-29-26(19-50-39-37(49-10)36(48-9)33(46)24(6)52-39)16-20(2)12-13-27(42)21(3)17-25(14-15-41)35(22(4)28(43)18-30(44)53-29)54-38-34(47)31(40(7)8)32(45)23(5)51-38/h15,18,20-26,29,31-39,43,45-47H,11-14,16-17,19H2,1-10H3/b28-18+/t20?,21-,22+,23?,24?,25+,26-,29-,31?,32?,33?,34?,35-,36?,37?,38?,39?/m1/s1. The van der Waals surface area contributed by atoms with E-state index < -0.39 is 97.3 Å². The second-order valence-corrected chi connectivity index (χ2v) is 15.8. The summed E-state index contributed by atoms with van der Waals surface area (Å²) in [7, 11) is 6.39. The highest BCUT2D eigenvalue weighted by Gasteiger charge is 2.48. The lowest BCUT2D eigenvalue weighted by atomic mass is 9.80. The van der Waals surface area contributed by atoms with Crippen LogP contribution in [0.25, 0.3) is 0 Å². The van der Waals surface area contributed by atoms with Gasteiger partial charge < -0.3 is 63.3 Å². The minimum absolute atomic E-state index is 0.0114. The number of carbonyl (C=O) groups is 3. The normalized spacial score (nSPS) is 43.3. The van der Waals surface area contributed by atoms with Crippen molar-refractivity contribution in [2.45, 2.75) is 154 Å². The van der Waals surface area contributed by atoms with Crippen LogP contribution < -0.4 is 0 Å². The van der Waals surface area contributed by atoms with Crippen molar-refractivity contribution < 1.29 is 68.0 Å². The summed E-state index contributed by atoms with van der Waals surface area (Å²) in [6.45, 7) is 10.8. The van der Waals surface area contributed by atoms with Crippen LogP contribution in [-0.4, -0.2) is 152 Å². The number of methoxy groups -OCH3 is 2. The first-order chi connectivity index (χ1) is 25.5. The molecule has 0 radical (unpaired) electrons. The van der Waals surface area contributed by atoms with Crippen LogP contribution in [0.2, 0.25) is 0 Å². The number of Topliss-reactive ketones (excluding diaryl/α,β-unsaturated/α-hetero) is 1. The topological polar surface area (TPSA) is 200 Å². The highest BCUT2D eigenvalue weighted by molar-refractivity contribution is 5.82. The van der Waals surface area contributed by atoms with Crippen LogP contribution in [0.1, 0.15) is 80.1 Å². The fraction of sp³-hybridized carbons (Fsp3) is 0.872. The van der Waals surface area contributed by atoms with Crippen LogP contribution in [0.15, 0.2) is 11.8 Å². The minimum atomic E-state index is -1.30. The molecule has 0 spiro atoms. The molecule has 0 amide bonds. The van der Waals surface area contributed by atoms with E-state index in [1.165, 1.54) is 14.2 Å². The number of aliphatic hydroxyl groups is 4. The van der Waals surface area contributed by atoms with Crippen molar-refractivity contribution in [3.05, 3.63) is 11.8 Å². The summed E-state index contributed by atoms with van der Waals surface area (Å²) in [5.41, 5.74) is 0. The van der Waals surface area contributed by atoms with Gasteiger partial charge in [0.05, 0.1) is 43.1 Å². The van der Waals surface area contributed by atoms with E-state index >= 15 is 0 Å². The van der Waals surface area contributed by atoms with Crippen molar-refractivity contribution >= 4 is 18.0 Å². The first-order valence-electron chi connectivity index (χ1n) is 19.4. The molecule has 15 heteroatoms. The molecule has 0 aromatic rings. The number of likely N-dealkylation sites (N-methyl/N-ethyl adjacent to an activating group) is 1. The first kappa shape index (κ1) is 46.3. The van der Waals surface area contributed by atoms with Crippen LogP contribution in [0.4, 0.5) is 0 Å². The van der Waals surface area contributed by atoms with Gasteiger partial charge in [0.2, 0.25) is 0 Å². The van der Waals surface area contributed by atoms with E-state index in [2.05, 4.69) is 0 Å². The van der Waals surface area contributed by atoms with E-state index in [0.717, 1.165) is 12.4 Å². The van der Waals surface area contributed by atoms with Crippen molar-refractivity contribution in [2.24, 2.45) is 29.6 Å². The SMILES string of the molecule is CC[C@H]1OC(=O)/C=C(/O)[C@H](C)[C@@H](OC2OC(C)C(O)C(N(C)C)C2O)[C@@H](CC=O)C[C@@H](C)C(=O)CCC(C)C[C@@H]1COC1OC(C)C(O)C(OC)C1OC. The number of ether oxygens (including phenoxy) is 7. The maximum atomic E-state index is 13.6. The molecule has 0 aliphatic carbocycles. The fourth-order valence-electron chi connectivity index (χ4n) is 8.17. The number of ketones is 1. The van der Waals surface area contributed by atoms with Crippen LogP contribution in [0.5, 0.6) is 0 Å². The summed E-state index contributed by atoms with van der Waals surface area (Å²) in [6.07, 6.45) is -6.02. The van der Waals surface area contributed by atoms with Crippen molar-refractivity contribution in [1.29, 1.82) is 0 Å². The van der Waals surface area contributed by atoms with E-state index in [9.17, 15) is 34.8 Å². The average molecular weight is 774 g/mol. The molecule has 4 N–H and O–H groups in total. The van der Waals surface area contributed by atoms with E-state index in [1.54, 1.807) is 46.7 Å². The number of cyclic esters (lactones) is 1. The molecule has 0 bridgehead atoms. The Bertz CT molecular complexity index is 1220. The third kappa shape index (κ3) is 11.7. The van der Waals surface area contributed by atoms with Gasteiger partial charge in [-0.05, 0) is 65.5 Å². The number of aldehydes is 1. The van der Waals surface area contributed by atoms with Crippen molar-refractivity contribution in [3.63, 3.8) is 0 Å². The molecule has 3 aliphatic heterocycles. The number of carbonyl (C=O) groups excluding carboxylic acids is 3. The van der Waals surface area contributed by atoms with Crippen LogP contribution in [0, 0.1) is 29.6 Å². The van der Waals surface area contributed by atoms with Gasteiger partial charge in [-0.25, -0.2) is 4.79 Å². The van der Waals surface area contributed by atoms with Gasteiger partial charge in [-0.15, -0.1) is 0 Å². The molecule has 11 unspecified atom stereocenters. The summed E-state index contributed by atoms with van der Waals surface area (Å²) in [5.74, 6) is -3.46. The lowest BCUT2D eigenvalue weighted by Gasteiger charge is -2.46. The number of hydrogen-bond acceptors (Lipinski definition) is 15. The van der Waals surface area contributed by atoms with Crippen LogP contribution in [0.3, 0.4) is 0 Å². The largest absolute Gasteiger partial charge is 0.512 e. The average Bonchev–Trinajstić information content (AvgIpc) is 3.12. The number of aliphatic hydroxyl groups excluding tert-OH is 4. The molecule has 54 heavy (non-hydrogen) atoms. The van der Waals surface area contributed by atoms with Gasteiger partial charge in [0.15, 0.2) is 12.6 Å². The fourth-order valence-corrected chi connectivity index (χ4v) is 8.17. The lowest BCUT2D eigenvalue weighted by Crippen LogP contribution is -2.63. The molecular formula is C39H67NO14. The summed E-state index contributed by atoms with van der Waals surface area (Å²) in [4.78, 5) is 40.8. The Hall–Kier alpha value is -2.05. The highest BCUT2D eigenvalue weighted by atomic mass is 16.7. The summed E-state index contributed by atoms with van der Waals surface area (Å²) in [5, 5.41) is 44.1. The Balaban J connectivity index is 1.96. The molecule has 15 nitrogen and oxygen atoms in total. The van der Waals surface area contributed by atoms with Gasteiger partial charge >= 0.3 is 5.97 Å². The van der Waals surface area contributed by atoms with E-state index in [1.807, 2.05) is 13.8 Å². The number of nitrogens with zero attached hydrogens (tertiary/aromatic N) is 1. The third-order valence-corrected chi connectivity index (χ3v) is 11.6. The predicted octanol–water partition coefficient (Wildman–Crippen LogP) is 2.56. The van der Waals surface area contributed by atoms with Crippen molar-refractivity contribution in [1.82, 2.24) is 4.90 Å². The van der Waals surface area contributed by atoms with Gasteiger partial charge in [-0.3, -0.25) is 4.79 Å². The third-order valence-electron chi connectivity index (χ3n) is 11.6. The second-order valence-electron chi connectivity index (χ2n) is 15.8. The zero-order valence-electron chi connectivity index (χ0n) is 33.7. The highest BCUT2D eigenvalue weighted by Crippen LogP contribution is 2.35. The van der Waals surface area contributed by atoms with Gasteiger partial charge in [-0.2, -0.15) is 0 Å². The molecule has 0 aromatic carbocycles. The zero-order valence-corrected chi connectivity index (χ0v) is 33.7. The van der Waals surface area contributed by atoms with Crippen molar-refractivity contribution in [3.8, 4) is 0 Å². The Labute approximate surface area is 320 Å². The smallest absolute Gasteiger partial charge is 0.334 e. The van der Waals surface area contributed by atoms with Gasteiger partial charge in [-0.1, -0.05) is 27.7 Å². The number of rotatable bonds is 11. The maximum Gasteiger partial charge on any atom is 0.334 e. The molecule has 17 atom stereocenters. The molecule has 3 heterocycles. The number of esters is 1. The molecular weight excluding hydrogens is 706 g/mol. The van der Waals surface area contributed by atoms with E-state index in [4.69, 9.17) is 33.2 Å². The van der Waals surface area contributed by atoms with Gasteiger partial charge in [0.1, 0.15) is 48.3 Å². The minimum Gasteiger partial charge on any atom is -0.512 e. The summed E-state index contributed by atoms with van der Waals surface area (Å²) in [6, 6.07) is -0.740. The summed E-state index contributed by atoms with van der Waals surface area (Å²) < 4.78 is 41.7. The quantitative estimate of drug-likeness (QED) is 0.176. The molecule has 0 saturated carbocycles.